The molecule has 0 bridgehead atoms. The third-order valence-corrected chi connectivity index (χ3v) is 0.678. The minimum atomic E-state index is -0.209. The first-order valence-corrected chi connectivity index (χ1v) is 2.01. The fraction of sp³-hybridized carbons (Fsp3) is 0. The molecule has 0 nitrogen and oxygen atoms in total. The second kappa shape index (κ2) is 3.74. The van der Waals surface area contributed by atoms with Gasteiger partial charge in [0.15, 0.2) is 0 Å². The molecular weight excluding hydrogens is 194 g/mol. The third-order valence-electron chi connectivity index (χ3n) is 0.678. The van der Waals surface area contributed by atoms with E-state index in [-0.39, 0.29) is 25.3 Å². The number of hydrogen-bond acceptors (Lipinski definition) is 0. The largest absolute Gasteiger partial charge is 0.236 e. The predicted octanol–water partition coefficient (Wildman–Crippen LogP) is 1.62. The van der Waals surface area contributed by atoms with E-state index in [1.54, 1.807) is 0 Å². The van der Waals surface area contributed by atoms with Crippen LogP contribution in [0.5, 0.6) is 0 Å². The zero-order valence-corrected chi connectivity index (χ0v) is 5.66. The summed E-state index contributed by atoms with van der Waals surface area (Å²) in [5.41, 5.74) is 0. The fourth-order valence-electron chi connectivity index (χ4n) is 0.367. The van der Waals surface area contributed by atoms with Gasteiger partial charge in [-0.15, -0.1) is 12.1 Å². The predicted molar refractivity (Wildman–Crippen MR) is 25.2 cm³/mol. The standard InChI is InChI=1S/C6H4F.Rh/c7-6-4-2-1-3-5-6;/h2-5H;/q-1;. The molecule has 0 spiro atoms. The summed E-state index contributed by atoms with van der Waals surface area (Å²) in [5.74, 6) is -0.209. The van der Waals surface area contributed by atoms with Gasteiger partial charge < -0.3 is 0 Å². The van der Waals surface area contributed by atoms with Crippen molar-refractivity contribution in [1.82, 2.24) is 0 Å². The van der Waals surface area contributed by atoms with Crippen molar-refractivity contribution < 1.29 is 23.9 Å². The van der Waals surface area contributed by atoms with Crippen LogP contribution in [0.25, 0.3) is 0 Å². The Morgan fingerprint density at radius 3 is 2.00 bits per heavy atom. The third kappa shape index (κ3) is 2.18. The smallest absolute Gasteiger partial charge is 0.0151 e. The maximum absolute atomic E-state index is 11.9. The molecule has 0 aromatic heterocycles. The van der Waals surface area contributed by atoms with Gasteiger partial charge in [0, 0.05) is 25.3 Å². The molecule has 0 unspecified atom stereocenters. The summed E-state index contributed by atoms with van der Waals surface area (Å²) in [6.07, 6.45) is 0. The van der Waals surface area contributed by atoms with Gasteiger partial charge in [-0.05, 0) is 0 Å². The SMILES string of the molecule is Fc1cc[c-]cc1.[Rh]. The summed E-state index contributed by atoms with van der Waals surface area (Å²) in [4.78, 5) is 0. The first-order chi connectivity index (χ1) is 3.39. The molecule has 0 amide bonds. The van der Waals surface area contributed by atoms with Crippen molar-refractivity contribution in [3.8, 4) is 0 Å². The van der Waals surface area contributed by atoms with Crippen LogP contribution in [0.2, 0.25) is 0 Å². The Balaban J connectivity index is 0.000000490. The number of rotatable bonds is 0. The molecule has 0 aliphatic rings. The van der Waals surface area contributed by atoms with E-state index in [0.29, 0.717) is 0 Å². The molecule has 0 heterocycles. The zero-order chi connectivity index (χ0) is 5.11. The molecule has 45 valence electrons. The summed E-state index contributed by atoms with van der Waals surface area (Å²) < 4.78 is 11.9. The zero-order valence-electron chi connectivity index (χ0n) is 4.02. The molecule has 0 atom stereocenters. The molecule has 8 heavy (non-hydrogen) atoms. The van der Waals surface area contributed by atoms with E-state index >= 15 is 0 Å². The first-order valence-electron chi connectivity index (χ1n) is 2.01. The number of benzene rings is 1. The van der Waals surface area contributed by atoms with E-state index in [1.807, 2.05) is 0 Å². The van der Waals surface area contributed by atoms with Gasteiger partial charge in [-0.25, -0.2) is 4.39 Å². The summed E-state index contributed by atoms with van der Waals surface area (Å²) in [5, 5.41) is 0. The topological polar surface area (TPSA) is 0 Å². The Labute approximate surface area is 60.5 Å². The van der Waals surface area contributed by atoms with Crippen molar-refractivity contribution in [2.24, 2.45) is 0 Å². The Bertz CT molecular complexity index is 138. The monoisotopic (exact) mass is 198 g/mol. The molecule has 0 aliphatic carbocycles. The fourth-order valence-corrected chi connectivity index (χ4v) is 0.367. The van der Waals surface area contributed by atoms with Crippen molar-refractivity contribution in [2.45, 2.75) is 0 Å². The van der Waals surface area contributed by atoms with Crippen LogP contribution in [0.4, 0.5) is 4.39 Å². The maximum atomic E-state index is 11.9. The van der Waals surface area contributed by atoms with Crippen LogP contribution in [-0.2, 0) is 19.5 Å². The van der Waals surface area contributed by atoms with Gasteiger partial charge >= 0.3 is 0 Å². The molecule has 0 saturated heterocycles. The molecule has 1 aromatic carbocycles. The van der Waals surface area contributed by atoms with Crippen LogP contribution in [-0.4, -0.2) is 0 Å². The van der Waals surface area contributed by atoms with Crippen LogP contribution in [0.1, 0.15) is 0 Å². The number of halogens is 1. The number of hydrogen-bond donors (Lipinski definition) is 0. The van der Waals surface area contributed by atoms with E-state index < -0.39 is 0 Å². The van der Waals surface area contributed by atoms with E-state index in [4.69, 9.17) is 0 Å². The minimum absolute atomic E-state index is 0. The van der Waals surface area contributed by atoms with Gasteiger partial charge in [0.05, 0.1) is 0 Å². The normalized spacial score (nSPS) is 7.62. The van der Waals surface area contributed by atoms with E-state index in [2.05, 4.69) is 6.07 Å². The molecule has 0 fully saturated rings. The molecular formula is C6H4FRh-. The average Bonchev–Trinajstić information content (AvgIpc) is 1.69. The van der Waals surface area contributed by atoms with Gasteiger partial charge in [0.25, 0.3) is 0 Å². The van der Waals surface area contributed by atoms with Crippen molar-refractivity contribution in [3.63, 3.8) is 0 Å². The Kier molecular flexibility index (Phi) is 3.63. The van der Waals surface area contributed by atoms with Crippen LogP contribution < -0.4 is 0 Å². The molecule has 1 aromatic rings. The second-order valence-corrected chi connectivity index (χ2v) is 1.22. The minimum Gasteiger partial charge on any atom is -0.236 e. The average molecular weight is 198 g/mol. The van der Waals surface area contributed by atoms with Crippen LogP contribution in [0, 0.1) is 11.9 Å². The van der Waals surface area contributed by atoms with Crippen molar-refractivity contribution in [3.05, 3.63) is 36.1 Å². The molecule has 1 radical (unpaired) electrons. The maximum Gasteiger partial charge on any atom is 0.0151 e. The van der Waals surface area contributed by atoms with Gasteiger partial charge in [0.1, 0.15) is 0 Å². The Hall–Kier alpha value is -0.227. The van der Waals surface area contributed by atoms with Crippen LogP contribution in [0.15, 0.2) is 24.3 Å². The van der Waals surface area contributed by atoms with Crippen molar-refractivity contribution in [1.29, 1.82) is 0 Å². The Morgan fingerprint density at radius 1 is 1.25 bits per heavy atom. The quantitative estimate of drug-likeness (QED) is 0.439. The molecule has 2 heteroatoms. The molecule has 0 N–H and O–H groups in total. The Morgan fingerprint density at radius 2 is 1.75 bits per heavy atom. The summed E-state index contributed by atoms with van der Waals surface area (Å²) in [6, 6.07) is 8.49. The molecule has 0 saturated carbocycles. The summed E-state index contributed by atoms with van der Waals surface area (Å²) in [6.45, 7) is 0. The van der Waals surface area contributed by atoms with E-state index in [9.17, 15) is 4.39 Å². The van der Waals surface area contributed by atoms with Gasteiger partial charge in [-0.2, -0.15) is 18.2 Å². The van der Waals surface area contributed by atoms with Crippen molar-refractivity contribution >= 4 is 0 Å². The first kappa shape index (κ1) is 7.77. The summed E-state index contributed by atoms with van der Waals surface area (Å²) in [7, 11) is 0. The van der Waals surface area contributed by atoms with Crippen LogP contribution >= 0.6 is 0 Å². The van der Waals surface area contributed by atoms with Crippen LogP contribution in [0.3, 0.4) is 0 Å². The molecule has 0 aliphatic heterocycles. The van der Waals surface area contributed by atoms with Crippen molar-refractivity contribution in [2.75, 3.05) is 0 Å². The van der Waals surface area contributed by atoms with E-state index in [0.717, 1.165) is 0 Å². The van der Waals surface area contributed by atoms with Gasteiger partial charge in [-0.3, -0.25) is 0 Å². The second-order valence-electron chi connectivity index (χ2n) is 1.22. The van der Waals surface area contributed by atoms with Gasteiger partial charge in [0.2, 0.25) is 0 Å². The molecule has 1 rings (SSSR count). The summed E-state index contributed by atoms with van der Waals surface area (Å²) >= 11 is 0. The van der Waals surface area contributed by atoms with E-state index in [1.165, 1.54) is 24.3 Å². The van der Waals surface area contributed by atoms with Gasteiger partial charge in [-0.1, -0.05) is 0 Å².